The fourth-order valence-corrected chi connectivity index (χ4v) is 2.34. The standard InChI is InChI=1S/C12H22N2S/c1-3-5-6-11(13-7-4-2)10-12-14-8-9-15-12/h8-9,11,13H,3-7,10H2,1-2H3. The van der Waals surface area contributed by atoms with Crippen LogP contribution < -0.4 is 5.32 Å². The highest BCUT2D eigenvalue weighted by atomic mass is 32.1. The summed E-state index contributed by atoms with van der Waals surface area (Å²) in [7, 11) is 0. The van der Waals surface area contributed by atoms with Gasteiger partial charge in [-0.05, 0) is 19.4 Å². The number of hydrogen-bond donors (Lipinski definition) is 1. The second kappa shape index (κ2) is 7.83. The zero-order valence-electron chi connectivity index (χ0n) is 9.83. The molecule has 0 aliphatic rings. The van der Waals surface area contributed by atoms with Crippen molar-refractivity contribution < 1.29 is 0 Å². The summed E-state index contributed by atoms with van der Waals surface area (Å²) < 4.78 is 0. The van der Waals surface area contributed by atoms with E-state index < -0.39 is 0 Å². The van der Waals surface area contributed by atoms with Gasteiger partial charge in [0.25, 0.3) is 0 Å². The van der Waals surface area contributed by atoms with Gasteiger partial charge in [0.15, 0.2) is 0 Å². The Morgan fingerprint density at radius 2 is 2.27 bits per heavy atom. The Hall–Kier alpha value is -0.410. The van der Waals surface area contributed by atoms with Gasteiger partial charge >= 0.3 is 0 Å². The fraction of sp³-hybridized carbons (Fsp3) is 0.750. The first-order chi connectivity index (χ1) is 7.36. The van der Waals surface area contributed by atoms with Crippen LogP contribution in [0.3, 0.4) is 0 Å². The molecule has 0 spiro atoms. The number of thiazole rings is 1. The zero-order chi connectivity index (χ0) is 10.9. The van der Waals surface area contributed by atoms with Crippen molar-refractivity contribution >= 4 is 11.3 Å². The van der Waals surface area contributed by atoms with Crippen LogP contribution in [0.2, 0.25) is 0 Å². The van der Waals surface area contributed by atoms with E-state index in [0.717, 1.165) is 13.0 Å². The third-order valence-electron chi connectivity index (χ3n) is 2.49. The van der Waals surface area contributed by atoms with Crippen molar-refractivity contribution in [1.82, 2.24) is 10.3 Å². The van der Waals surface area contributed by atoms with Gasteiger partial charge in [-0.3, -0.25) is 0 Å². The van der Waals surface area contributed by atoms with Gasteiger partial charge in [-0.2, -0.15) is 0 Å². The van der Waals surface area contributed by atoms with Crippen LogP contribution in [0.4, 0.5) is 0 Å². The molecule has 0 saturated carbocycles. The molecule has 1 aromatic rings. The molecule has 0 radical (unpaired) electrons. The highest BCUT2D eigenvalue weighted by Gasteiger charge is 2.09. The highest BCUT2D eigenvalue weighted by Crippen LogP contribution is 2.11. The molecule has 0 amide bonds. The minimum atomic E-state index is 0.621. The molecular formula is C12H22N2S. The average Bonchev–Trinajstić information content (AvgIpc) is 2.74. The summed E-state index contributed by atoms with van der Waals surface area (Å²) in [6, 6.07) is 0.621. The Balaban J connectivity index is 2.33. The summed E-state index contributed by atoms with van der Waals surface area (Å²) in [6.45, 7) is 5.59. The number of unbranched alkanes of at least 4 members (excludes halogenated alkanes) is 1. The smallest absolute Gasteiger partial charge is 0.0940 e. The van der Waals surface area contributed by atoms with Crippen LogP contribution in [0.1, 0.15) is 44.5 Å². The molecule has 0 aliphatic heterocycles. The molecule has 2 nitrogen and oxygen atoms in total. The number of hydrogen-bond acceptors (Lipinski definition) is 3. The van der Waals surface area contributed by atoms with Gasteiger partial charge in [-0.1, -0.05) is 26.7 Å². The second-order valence-corrected chi connectivity index (χ2v) is 4.90. The summed E-state index contributed by atoms with van der Waals surface area (Å²) in [5.41, 5.74) is 0. The SMILES string of the molecule is CCCCC(Cc1nccs1)NCCC. The van der Waals surface area contributed by atoms with Gasteiger partial charge in [0.1, 0.15) is 0 Å². The van der Waals surface area contributed by atoms with Crippen LogP contribution >= 0.6 is 11.3 Å². The minimum Gasteiger partial charge on any atom is -0.314 e. The molecular weight excluding hydrogens is 204 g/mol. The summed E-state index contributed by atoms with van der Waals surface area (Å²) in [6.07, 6.45) is 8.07. The topological polar surface area (TPSA) is 24.9 Å². The first-order valence-electron chi connectivity index (χ1n) is 5.98. The van der Waals surface area contributed by atoms with E-state index in [-0.39, 0.29) is 0 Å². The highest BCUT2D eigenvalue weighted by molar-refractivity contribution is 7.09. The molecule has 0 aliphatic carbocycles. The maximum Gasteiger partial charge on any atom is 0.0940 e. The van der Waals surface area contributed by atoms with Crippen LogP contribution in [-0.2, 0) is 6.42 Å². The minimum absolute atomic E-state index is 0.621. The van der Waals surface area contributed by atoms with E-state index in [4.69, 9.17) is 0 Å². The molecule has 0 aromatic carbocycles. The summed E-state index contributed by atoms with van der Waals surface area (Å²) >= 11 is 1.77. The summed E-state index contributed by atoms with van der Waals surface area (Å²) in [4.78, 5) is 4.35. The van der Waals surface area contributed by atoms with E-state index in [2.05, 4.69) is 29.5 Å². The van der Waals surface area contributed by atoms with Gasteiger partial charge in [0.05, 0.1) is 5.01 Å². The fourth-order valence-electron chi connectivity index (χ4n) is 1.64. The van der Waals surface area contributed by atoms with Gasteiger partial charge in [0.2, 0.25) is 0 Å². The Labute approximate surface area is 97.1 Å². The lowest BCUT2D eigenvalue weighted by molar-refractivity contribution is 0.461. The molecule has 1 N–H and O–H groups in total. The van der Waals surface area contributed by atoms with Gasteiger partial charge in [0, 0.05) is 24.0 Å². The molecule has 15 heavy (non-hydrogen) atoms. The quantitative estimate of drug-likeness (QED) is 0.736. The Kier molecular flexibility index (Phi) is 6.60. The van der Waals surface area contributed by atoms with E-state index >= 15 is 0 Å². The Morgan fingerprint density at radius 3 is 2.87 bits per heavy atom. The maximum absolute atomic E-state index is 4.35. The lowest BCUT2D eigenvalue weighted by atomic mass is 10.1. The largest absolute Gasteiger partial charge is 0.314 e. The molecule has 0 saturated heterocycles. The molecule has 3 heteroatoms. The van der Waals surface area contributed by atoms with Crippen LogP contribution in [0, 0.1) is 0 Å². The molecule has 1 rings (SSSR count). The van der Waals surface area contributed by atoms with Crippen molar-refractivity contribution in [2.24, 2.45) is 0 Å². The molecule has 0 bridgehead atoms. The van der Waals surface area contributed by atoms with Gasteiger partial charge < -0.3 is 5.32 Å². The maximum atomic E-state index is 4.35. The first kappa shape index (κ1) is 12.7. The van der Waals surface area contributed by atoms with Gasteiger partial charge in [-0.25, -0.2) is 4.98 Å². The first-order valence-corrected chi connectivity index (χ1v) is 6.86. The molecule has 86 valence electrons. The third kappa shape index (κ3) is 5.28. The second-order valence-electron chi connectivity index (χ2n) is 3.92. The molecule has 0 fully saturated rings. The molecule has 1 aromatic heterocycles. The molecule has 1 heterocycles. The normalized spacial score (nSPS) is 12.9. The van der Waals surface area contributed by atoms with Crippen LogP contribution in [0.25, 0.3) is 0 Å². The molecule has 1 unspecified atom stereocenters. The van der Waals surface area contributed by atoms with Crippen LogP contribution in [0.15, 0.2) is 11.6 Å². The van der Waals surface area contributed by atoms with E-state index in [1.165, 1.54) is 30.7 Å². The predicted molar refractivity (Wildman–Crippen MR) is 67.4 cm³/mol. The number of nitrogens with one attached hydrogen (secondary N) is 1. The van der Waals surface area contributed by atoms with Crippen molar-refractivity contribution in [1.29, 1.82) is 0 Å². The van der Waals surface area contributed by atoms with Crippen molar-refractivity contribution in [2.45, 2.75) is 52.0 Å². The van der Waals surface area contributed by atoms with Crippen LogP contribution in [0.5, 0.6) is 0 Å². The molecule has 1 atom stereocenters. The van der Waals surface area contributed by atoms with E-state index in [0.29, 0.717) is 6.04 Å². The van der Waals surface area contributed by atoms with Crippen molar-refractivity contribution in [3.8, 4) is 0 Å². The van der Waals surface area contributed by atoms with E-state index in [1.807, 2.05) is 6.20 Å². The van der Waals surface area contributed by atoms with Crippen molar-refractivity contribution in [2.75, 3.05) is 6.54 Å². The third-order valence-corrected chi connectivity index (χ3v) is 3.30. The summed E-state index contributed by atoms with van der Waals surface area (Å²) in [5, 5.41) is 6.93. The Bertz CT molecular complexity index is 226. The monoisotopic (exact) mass is 226 g/mol. The lowest BCUT2D eigenvalue weighted by Crippen LogP contribution is -2.31. The van der Waals surface area contributed by atoms with E-state index in [9.17, 15) is 0 Å². The van der Waals surface area contributed by atoms with Crippen LogP contribution in [-0.4, -0.2) is 17.6 Å². The number of aromatic nitrogens is 1. The summed E-state index contributed by atoms with van der Waals surface area (Å²) in [5.74, 6) is 0. The number of rotatable bonds is 8. The van der Waals surface area contributed by atoms with Crippen molar-refractivity contribution in [3.63, 3.8) is 0 Å². The lowest BCUT2D eigenvalue weighted by Gasteiger charge is -2.16. The number of nitrogens with zero attached hydrogens (tertiary/aromatic N) is 1. The van der Waals surface area contributed by atoms with Gasteiger partial charge in [-0.15, -0.1) is 11.3 Å². The zero-order valence-corrected chi connectivity index (χ0v) is 10.6. The predicted octanol–water partition coefficient (Wildman–Crippen LogP) is 3.24. The Morgan fingerprint density at radius 1 is 1.40 bits per heavy atom. The van der Waals surface area contributed by atoms with Crippen molar-refractivity contribution in [3.05, 3.63) is 16.6 Å². The average molecular weight is 226 g/mol. The van der Waals surface area contributed by atoms with E-state index in [1.54, 1.807) is 11.3 Å².